The minimum Gasteiger partial charge on any atom is -0.508 e. The van der Waals surface area contributed by atoms with E-state index in [9.17, 15) is 9.90 Å². The number of nitrogens with one attached hydrogen (secondary N) is 1. The third-order valence-corrected chi connectivity index (χ3v) is 4.10. The van der Waals surface area contributed by atoms with Crippen molar-refractivity contribution in [1.29, 1.82) is 0 Å². The molecule has 1 aliphatic rings. The predicted molar refractivity (Wildman–Crippen MR) is 81.1 cm³/mol. The Hall–Kier alpha value is -1.71. The van der Waals surface area contributed by atoms with Crippen LogP contribution in [0.25, 0.3) is 0 Å². The van der Waals surface area contributed by atoms with Crippen molar-refractivity contribution in [3.05, 3.63) is 24.3 Å². The molecule has 20 heavy (non-hydrogen) atoms. The smallest absolute Gasteiger partial charge is 0.321 e. The summed E-state index contributed by atoms with van der Waals surface area (Å²) in [5.41, 5.74) is 0.776. The van der Waals surface area contributed by atoms with Crippen LogP contribution < -0.4 is 10.2 Å². The van der Waals surface area contributed by atoms with Crippen molar-refractivity contribution in [2.24, 2.45) is 5.92 Å². The first-order chi connectivity index (χ1) is 9.66. The molecule has 0 spiro atoms. The predicted octanol–water partition coefficient (Wildman–Crippen LogP) is 3.51. The first-order valence-corrected chi connectivity index (χ1v) is 7.47. The lowest BCUT2D eigenvalue weighted by Gasteiger charge is -2.23. The zero-order valence-electron chi connectivity index (χ0n) is 12.1. The second-order valence-corrected chi connectivity index (χ2v) is 5.60. The number of amides is 2. The van der Waals surface area contributed by atoms with Crippen LogP contribution in [0.15, 0.2) is 24.3 Å². The van der Waals surface area contributed by atoms with Gasteiger partial charge in [0.2, 0.25) is 0 Å². The summed E-state index contributed by atoms with van der Waals surface area (Å²) in [6.45, 7) is 0.742. The minimum atomic E-state index is -0.0912. The summed E-state index contributed by atoms with van der Waals surface area (Å²) in [6, 6.07) is 6.54. The number of benzene rings is 1. The average Bonchev–Trinajstić information content (AvgIpc) is 2.48. The molecular weight excluding hydrogens is 252 g/mol. The molecule has 0 heterocycles. The monoisotopic (exact) mass is 276 g/mol. The lowest BCUT2D eigenvalue weighted by molar-refractivity contribution is 0.245. The van der Waals surface area contributed by atoms with Crippen molar-refractivity contribution in [3.63, 3.8) is 0 Å². The van der Waals surface area contributed by atoms with Gasteiger partial charge in [0.1, 0.15) is 5.75 Å². The molecule has 2 N–H and O–H groups in total. The molecule has 4 nitrogen and oxygen atoms in total. The first-order valence-electron chi connectivity index (χ1n) is 7.47. The average molecular weight is 276 g/mol. The van der Waals surface area contributed by atoms with Gasteiger partial charge < -0.3 is 10.4 Å². The SMILES string of the molecule is CN(C(=O)NCCC1CCCCC1)c1ccc(O)cc1. The number of nitrogens with zero attached hydrogens (tertiary/aromatic N) is 1. The van der Waals surface area contributed by atoms with Crippen LogP contribution in [0.2, 0.25) is 0 Å². The normalized spacial score (nSPS) is 15.8. The number of carbonyl (C=O) groups excluding carboxylic acids is 1. The van der Waals surface area contributed by atoms with Crippen molar-refractivity contribution >= 4 is 11.7 Å². The van der Waals surface area contributed by atoms with Gasteiger partial charge in [0.15, 0.2) is 0 Å². The van der Waals surface area contributed by atoms with Gasteiger partial charge in [-0.25, -0.2) is 4.79 Å². The topological polar surface area (TPSA) is 52.6 Å². The standard InChI is InChI=1S/C16H24N2O2/c1-18(14-7-9-15(19)10-8-14)16(20)17-12-11-13-5-3-2-4-6-13/h7-10,13,19H,2-6,11-12H2,1H3,(H,17,20). The molecule has 1 fully saturated rings. The molecule has 0 bridgehead atoms. The van der Waals surface area contributed by atoms with Crippen molar-refractivity contribution in [3.8, 4) is 5.75 Å². The molecule has 1 aromatic rings. The fourth-order valence-electron chi connectivity index (χ4n) is 2.77. The second-order valence-electron chi connectivity index (χ2n) is 5.60. The Kier molecular flexibility index (Phi) is 5.27. The summed E-state index contributed by atoms with van der Waals surface area (Å²) in [4.78, 5) is 13.6. The van der Waals surface area contributed by atoms with E-state index < -0.39 is 0 Å². The number of hydrogen-bond donors (Lipinski definition) is 2. The highest BCUT2D eigenvalue weighted by Gasteiger charge is 2.14. The molecule has 0 aromatic heterocycles. The third-order valence-electron chi connectivity index (χ3n) is 4.10. The van der Waals surface area contributed by atoms with Gasteiger partial charge in [-0.2, -0.15) is 0 Å². The molecule has 110 valence electrons. The molecular formula is C16H24N2O2. The third kappa shape index (κ3) is 4.15. The maximum Gasteiger partial charge on any atom is 0.321 e. The van der Waals surface area contributed by atoms with Crippen LogP contribution in [0.3, 0.4) is 0 Å². The highest BCUT2D eigenvalue weighted by atomic mass is 16.3. The summed E-state index contributed by atoms with van der Waals surface area (Å²) in [5, 5.41) is 12.2. The van der Waals surface area contributed by atoms with Gasteiger partial charge in [-0.1, -0.05) is 32.1 Å². The van der Waals surface area contributed by atoms with E-state index in [0.29, 0.717) is 0 Å². The minimum absolute atomic E-state index is 0.0912. The second kappa shape index (κ2) is 7.17. The Morgan fingerprint density at radius 3 is 2.55 bits per heavy atom. The summed E-state index contributed by atoms with van der Waals surface area (Å²) >= 11 is 0. The van der Waals surface area contributed by atoms with Gasteiger partial charge in [-0.15, -0.1) is 0 Å². The first kappa shape index (κ1) is 14.7. The maximum atomic E-state index is 12.0. The van der Waals surface area contributed by atoms with E-state index in [1.165, 1.54) is 32.1 Å². The molecule has 0 unspecified atom stereocenters. The molecule has 0 aliphatic heterocycles. The Morgan fingerprint density at radius 1 is 1.25 bits per heavy atom. The van der Waals surface area contributed by atoms with Crippen molar-refractivity contribution < 1.29 is 9.90 Å². The van der Waals surface area contributed by atoms with E-state index in [0.717, 1.165) is 24.6 Å². The molecule has 2 amide bonds. The number of rotatable bonds is 4. The van der Waals surface area contributed by atoms with Crippen LogP contribution in [-0.4, -0.2) is 24.7 Å². The van der Waals surface area contributed by atoms with Crippen LogP contribution in [0.5, 0.6) is 5.75 Å². The quantitative estimate of drug-likeness (QED) is 0.884. The van der Waals surface area contributed by atoms with Crippen LogP contribution in [0.1, 0.15) is 38.5 Å². The van der Waals surface area contributed by atoms with Gasteiger partial charge in [-0.3, -0.25) is 4.90 Å². The lowest BCUT2D eigenvalue weighted by atomic mass is 9.87. The number of anilines is 1. The molecule has 0 atom stereocenters. The fourth-order valence-corrected chi connectivity index (χ4v) is 2.77. The molecule has 2 rings (SSSR count). The van der Waals surface area contributed by atoms with Gasteiger partial charge >= 0.3 is 6.03 Å². The number of aromatic hydroxyl groups is 1. The summed E-state index contributed by atoms with van der Waals surface area (Å²) in [6.07, 6.45) is 7.74. The van der Waals surface area contributed by atoms with E-state index in [1.54, 1.807) is 36.2 Å². The molecule has 1 saturated carbocycles. The van der Waals surface area contributed by atoms with Crippen LogP contribution >= 0.6 is 0 Å². The number of hydrogen-bond acceptors (Lipinski definition) is 2. The van der Waals surface area contributed by atoms with E-state index in [2.05, 4.69) is 5.32 Å². The number of phenolic OH excluding ortho intramolecular Hbond substituents is 1. The van der Waals surface area contributed by atoms with E-state index >= 15 is 0 Å². The fraction of sp³-hybridized carbons (Fsp3) is 0.562. The van der Waals surface area contributed by atoms with Crippen LogP contribution in [-0.2, 0) is 0 Å². The van der Waals surface area contributed by atoms with E-state index in [4.69, 9.17) is 0 Å². The van der Waals surface area contributed by atoms with Crippen LogP contribution in [0, 0.1) is 5.92 Å². The Bertz CT molecular complexity index is 425. The Labute approximate surface area is 120 Å². The van der Waals surface area contributed by atoms with Crippen molar-refractivity contribution in [2.45, 2.75) is 38.5 Å². The zero-order chi connectivity index (χ0) is 14.4. The highest BCUT2D eigenvalue weighted by molar-refractivity contribution is 5.91. The highest BCUT2D eigenvalue weighted by Crippen LogP contribution is 2.25. The van der Waals surface area contributed by atoms with Gasteiger partial charge in [0.25, 0.3) is 0 Å². The lowest BCUT2D eigenvalue weighted by Crippen LogP contribution is -2.38. The molecule has 0 saturated heterocycles. The van der Waals surface area contributed by atoms with E-state index in [1.807, 2.05) is 0 Å². The van der Waals surface area contributed by atoms with Crippen molar-refractivity contribution in [2.75, 3.05) is 18.5 Å². The summed E-state index contributed by atoms with van der Waals surface area (Å²) < 4.78 is 0. The number of carbonyl (C=O) groups is 1. The van der Waals surface area contributed by atoms with Gasteiger partial charge in [0.05, 0.1) is 0 Å². The number of urea groups is 1. The van der Waals surface area contributed by atoms with Gasteiger partial charge in [0, 0.05) is 19.3 Å². The largest absolute Gasteiger partial charge is 0.508 e. The zero-order valence-corrected chi connectivity index (χ0v) is 12.1. The van der Waals surface area contributed by atoms with Gasteiger partial charge in [-0.05, 0) is 36.6 Å². The van der Waals surface area contributed by atoms with E-state index in [-0.39, 0.29) is 11.8 Å². The molecule has 4 heteroatoms. The number of phenols is 1. The Morgan fingerprint density at radius 2 is 1.90 bits per heavy atom. The Balaban J connectivity index is 1.74. The van der Waals surface area contributed by atoms with Crippen LogP contribution in [0.4, 0.5) is 10.5 Å². The molecule has 1 aromatic carbocycles. The van der Waals surface area contributed by atoms with Crippen molar-refractivity contribution in [1.82, 2.24) is 5.32 Å². The molecule has 0 radical (unpaired) electrons. The molecule has 1 aliphatic carbocycles. The summed E-state index contributed by atoms with van der Waals surface area (Å²) in [7, 11) is 1.74. The maximum absolute atomic E-state index is 12.0. The summed E-state index contributed by atoms with van der Waals surface area (Å²) in [5.74, 6) is 0.989.